The molecule has 0 unspecified atom stereocenters. The zero-order valence-corrected chi connectivity index (χ0v) is 15.3. The molecule has 0 aliphatic heterocycles. The highest BCUT2D eigenvalue weighted by Gasteiger charge is 2.34. The first kappa shape index (κ1) is 19.1. The molecule has 4 N–H and O–H groups in total. The number of guanidine groups is 1. The Morgan fingerprint density at radius 3 is 2.52 bits per heavy atom. The molecule has 0 heterocycles. The van der Waals surface area contributed by atoms with Crippen molar-refractivity contribution in [3.8, 4) is 5.75 Å². The van der Waals surface area contributed by atoms with E-state index in [1.165, 1.54) is 31.2 Å². The molecule has 6 heteroatoms. The van der Waals surface area contributed by atoms with Crippen LogP contribution in [0.4, 0.5) is 0 Å². The number of benzene rings is 1. The molecule has 0 bridgehead atoms. The third-order valence-electron chi connectivity index (χ3n) is 5.03. The van der Waals surface area contributed by atoms with Crippen LogP contribution in [0.1, 0.15) is 38.2 Å². The molecule has 1 fully saturated rings. The van der Waals surface area contributed by atoms with Crippen molar-refractivity contribution in [1.82, 2.24) is 10.6 Å². The van der Waals surface area contributed by atoms with Crippen molar-refractivity contribution in [2.24, 2.45) is 16.1 Å². The molecule has 0 aromatic heterocycles. The molecule has 6 nitrogen and oxygen atoms in total. The zero-order chi connectivity index (χ0) is 18.1. The summed E-state index contributed by atoms with van der Waals surface area (Å²) in [5, 5.41) is 6.82. The lowest BCUT2D eigenvalue weighted by Crippen LogP contribution is -2.46. The molecular formula is C19H30N4O2. The second kappa shape index (κ2) is 9.30. The fourth-order valence-electron chi connectivity index (χ4n) is 3.06. The van der Waals surface area contributed by atoms with Gasteiger partial charge < -0.3 is 21.1 Å². The number of carbonyl (C=O) groups is 1. The van der Waals surface area contributed by atoms with Crippen LogP contribution in [-0.4, -0.2) is 38.6 Å². The van der Waals surface area contributed by atoms with Crippen LogP contribution in [0.15, 0.2) is 29.3 Å². The summed E-state index contributed by atoms with van der Waals surface area (Å²) in [5.41, 5.74) is 6.72. The highest BCUT2D eigenvalue weighted by molar-refractivity contribution is 5.79. The quantitative estimate of drug-likeness (QED) is 0.470. The lowest BCUT2D eigenvalue weighted by Gasteiger charge is -2.41. The molecule has 1 aromatic carbocycles. The zero-order valence-electron chi connectivity index (χ0n) is 15.3. The van der Waals surface area contributed by atoms with E-state index in [0.29, 0.717) is 11.2 Å². The van der Waals surface area contributed by atoms with E-state index in [4.69, 9.17) is 10.5 Å². The van der Waals surface area contributed by atoms with Gasteiger partial charge in [0.1, 0.15) is 5.75 Å². The first-order valence-corrected chi connectivity index (χ1v) is 9.01. The summed E-state index contributed by atoms with van der Waals surface area (Å²) in [4.78, 5) is 15.0. The first-order chi connectivity index (χ1) is 12.1. The predicted octanol–water partition coefficient (Wildman–Crippen LogP) is 1.84. The average molecular weight is 346 g/mol. The normalized spacial score (nSPS) is 16.0. The maximum Gasteiger partial charge on any atom is 0.255 e. The number of hydrogen-bond donors (Lipinski definition) is 3. The number of nitrogens with two attached hydrogens (primary N) is 1. The largest absolute Gasteiger partial charge is 0.484 e. The van der Waals surface area contributed by atoms with Crippen LogP contribution in [0.25, 0.3) is 0 Å². The average Bonchev–Trinajstić information content (AvgIpc) is 2.58. The van der Waals surface area contributed by atoms with Crippen LogP contribution in [0.3, 0.4) is 0 Å². The molecular weight excluding hydrogens is 316 g/mol. The molecule has 1 amide bonds. The minimum absolute atomic E-state index is 0.0951. The molecule has 0 atom stereocenters. The molecule has 1 aliphatic carbocycles. The van der Waals surface area contributed by atoms with E-state index >= 15 is 0 Å². The number of ether oxygens (including phenoxy) is 1. The van der Waals surface area contributed by atoms with E-state index in [0.717, 1.165) is 25.5 Å². The fourth-order valence-corrected chi connectivity index (χ4v) is 3.06. The Labute approximate surface area is 150 Å². The highest BCUT2D eigenvalue weighted by atomic mass is 16.5. The van der Waals surface area contributed by atoms with Gasteiger partial charge >= 0.3 is 0 Å². The van der Waals surface area contributed by atoms with E-state index < -0.39 is 5.91 Å². The molecule has 2 rings (SSSR count). The van der Waals surface area contributed by atoms with Crippen LogP contribution < -0.4 is 21.1 Å². The van der Waals surface area contributed by atoms with Crippen LogP contribution >= 0.6 is 0 Å². The van der Waals surface area contributed by atoms with Gasteiger partial charge in [-0.1, -0.05) is 25.5 Å². The smallest absolute Gasteiger partial charge is 0.255 e. The van der Waals surface area contributed by atoms with E-state index in [1.807, 2.05) is 24.3 Å². The SMILES string of the molecule is CCC1(CNC(=NC)NCCc2ccc(OCC(N)=O)cc2)CCC1. The number of nitrogens with one attached hydrogen (secondary N) is 2. The summed E-state index contributed by atoms with van der Waals surface area (Å²) in [5.74, 6) is 1.04. The molecule has 138 valence electrons. The fraction of sp³-hybridized carbons (Fsp3) is 0.579. The van der Waals surface area contributed by atoms with Crippen molar-refractivity contribution in [3.05, 3.63) is 29.8 Å². The number of rotatable bonds is 9. The summed E-state index contributed by atoms with van der Waals surface area (Å²) < 4.78 is 5.25. The monoisotopic (exact) mass is 346 g/mol. The lowest BCUT2D eigenvalue weighted by atomic mass is 9.67. The number of nitrogens with zero attached hydrogens (tertiary/aromatic N) is 1. The highest BCUT2D eigenvalue weighted by Crippen LogP contribution is 2.42. The van der Waals surface area contributed by atoms with Crippen molar-refractivity contribution in [2.45, 2.75) is 39.0 Å². The molecule has 25 heavy (non-hydrogen) atoms. The maximum atomic E-state index is 10.7. The van der Waals surface area contributed by atoms with Crippen LogP contribution in [0.2, 0.25) is 0 Å². The third kappa shape index (κ3) is 5.96. The van der Waals surface area contributed by atoms with Gasteiger partial charge in [0.05, 0.1) is 0 Å². The van der Waals surface area contributed by atoms with Gasteiger partial charge in [0.2, 0.25) is 0 Å². The molecule has 1 aliphatic rings. The second-order valence-electron chi connectivity index (χ2n) is 6.71. The molecule has 0 radical (unpaired) electrons. The summed E-state index contributed by atoms with van der Waals surface area (Å²) in [7, 11) is 1.81. The van der Waals surface area contributed by atoms with Crippen LogP contribution in [0, 0.1) is 5.41 Å². The lowest BCUT2D eigenvalue weighted by molar-refractivity contribution is -0.119. The van der Waals surface area contributed by atoms with E-state index in [2.05, 4.69) is 22.5 Å². The van der Waals surface area contributed by atoms with Gasteiger partial charge in [0.15, 0.2) is 12.6 Å². The van der Waals surface area contributed by atoms with Crippen molar-refractivity contribution < 1.29 is 9.53 Å². The predicted molar refractivity (Wildman–Crippen MR) is 101 cm³/mol. The van der Waals surface area contributed by atoms with E-state index in [1.54, 1.807) is 7.05 Å². The van der Waals surface area contributed by atoms with Crippen LogP contribution in [0.5, 0.6) is 5.75 Å². The number of hydrogen-bond acceptors (Lipinski definition) is 3. The van der Waals surface area contributed by atoms with Crippen molar-refractivity contribution in [3.63, 3.8) is 0 Å². The van der Waals surface area contributed by atoms with E-state index in [-0.39, 0.29) is 6.61 Å². The third-order valence-corrected chi connectivity index (χ3v) is 5.03. The van der Waals surface area contributed by atoms with Gasteiger partial charge in [-0.15, -0.1) is 0 Å². The molecule has 0 saturated heterocycles. The van der Waals surface area contributed by atoms with Gasteiger partial charge in [0.25, 0.3) is 5.91 Å². The van der Waals surface area contributed by atoms with Gasteiger partial charge in [0, 0.05) is 20.1 Å². The summed E-state index contributed by atoms with van der Waals surface area (Å²) in [6, 6.07) is 7.70. The maximum absolute atomic E-state index is 10.7. The Balaban J connectivity index is 1.70. The second-order valence-corrected chi connectivity index (χ2v) is 6.71. The Morgan fingerprint density at radius 1 is 1.28 bits per heavy atom. The van der Waals surface area contributed by atoms with Gasteiger partial charge in [-0.25, -0.2) is 0 Å². The molecule has 1 saturated carbocycles. The van der Waals surface area contributed by atoms with E-state index in [9.17, 15) is 4.79 Å². The van der Waals surface area contributed by atoms with Gasteiger partial charge in [-0.3, -0.25) is 9.79 Å². The summed E-state index contributed by atoms with van der Waals surface area (Å²) in [6.45, 7) is 3.98. The van der Waals surface area contributed by atoms with Gasteiger partial charge in [-0.05, 0) is 48.8 Å². The standard InChI is InChI=1S/C19H30N4O2/c1-3-19(10-4-11-19)14-23-18(21-2)22-12-9-15-5-7-16(8-6-15)25-13-17(20)24/h5-8H,3-4,9-14H2,1-2H3,(H2,20,24)(H2,21,22,23). The molecule has 0 spiro atoms. The Kier molecular flexibility index (Phi) is 7.10. The van der Waals surface area contributed by atoms with Crippen molar-refractivity contribution in [2.75, 3.05) is 26.7 Å². The Morgan fingerprint density at radius 2 is 2.00 bits per heavy atom. The Hall–Kier alpha value is -2.24. The first-order valence-electron chi connectivity index (χ1n) is 9.01. The summed E-state index contributed by atoms with van der Waals surface area (Å²) >= 11 is 0. The minimum Gasteiger partial charge on any atom is -0.484 e. The Bertz CT molecular complexity index is 574. The number of aliphatic imine (C=N–C) groups is 1. The van der Waals surface area contributed by atoms with Crippen molar-refractivity contribution in [1.29, 1.82) is 0 Å². The molecule has 1 aromatic rings. The number of primary amides is 1. The summed E-state index contributed by atoms with van der Waals surface area (Å²) in [6.07, 6.45) is 6.09. The van der Waals surface area contributed by atoms with Gasteiger partial charge in [-0.2, -0.15) is 0 Å². The van der Waals surface area contributed by atoms with Crippen molar-refractivity contribution >= 4 is 11.9 Å². The minimum atomic E-state index is -0.473. The number of amides is 1. The topological polar surface area (TPSA) is 88.7 Å². The number of carbonyl (C=O) groups excluding carboxylic acids is 1. The van der Waals surface area contributed by atoms with Crippen LogP contribution in [-0.2, 0) is 11.2 Å².